The van der Waals surface area contributed by atoms with Crippen LogP contribution in [0.3, 0.4) is 0 Å². The van der Waals surface area contributed by atoms with Crippen molar-refractivity contribution in [2.45, 2.75) is 26.2 Å². The Morgan fingerprint density at radius 1 is 1.50 bits per heavy atom. The standard InChI is InChI=1S/C11H15BrO2S2/c1-2-3-4-7-16(14)8-10(13)11-9(12)5-6-15-11/h5-6H,2-4,7-8H2,1H3. The number of ketones is 1. The van der Waals surface area contributed by atoms with Crippen LogP contribution in [0.25, 0.3) is 0 Å². The largest absolute Gasteiger partial charge is 0.292 e. The minimum atomic E-state index is -1.01. The van der Waals surface area contributed by atoms with Gasteiger partial charge in [-0.05, 0) is 33.8 Å². The lowest BCUT2D eigenvalue weighted by Gasteiger charge is -2.00. The summed E-state index contributed by atoms with van der Waals surface area (Å²) < 4.78 is 12.4. The van der Waals surface area contributed by atoms with Crippen LogP contribution in [0.1, 0.15) is 35.9 Å². The van der Waals surface area contributed by atoms with Crippen LogP contribution < -0.4 is 0 Å². The molecule has 16 heavy (non-hydrogen) atoms. The molecule has 1 heterocycles. The van der Waals surface area contributed by atoms with Crippen molar-refractivity contribution >= 4 is 43.8 Å². The molecule has 1 unspecified atom stereocenters. The van der Waals surface area contributed by atoms with Gasteiger partial charge in [0.25, 0.3) is 0 Å². The fraction of sp³-hybridized carbons (Fsp3) is 0.545. The molecule has 0 amide bonds. The van der Waals surface area contributed by atoms with Gasteiger partial charge in [-0.25, -0.2) is 0 Å². The van der Waals surface area contributed by atoms with E-state index in [9.17, 15) is 9.00 Å². The molecule has 0 saturated carbocycles. The van der Waals surface area contributed by atoms with Crippen molar-refractivity contribution in [3.8, 4) is 0 Å². The van der Waals surface area contributed by atoms with E-state index in [-0.39, 0.29) is 11.5 Å². The Bertz CT molecular complexity index is 374. The first-order valence-electron chi connectivity index (χ1n) is 5.26. The molecular weight excluding hydrogens is 308 g/mol. The first kappa shape index (κ1) is 14.1. The Balaban J connectivity index is 2.40. The van der Waals surface area contributed by atoms with Gasteiger partial charge in [-0.1, -0.05) is 19.8 Å². The van der Waals surface area contributed by atoms with Crippen LogP contribution in [-0.4, -0.2) is 21.5 Å². The summed E-state index contributed by atoms with van der Waals surface area (Å²) in [5, 5.41) is 1.86. The zero-order valence-electron chi connectivity index (χ0n) is 9.20. The maximum Gasteiger partial charge on any atom is 0.186 e. The predicted molar refractivity (Wildman–Crippen MR) is 73.8 cm³/mol. The summed E-state index contributed by atoms with van der Waals surface area (Å²) in [6.07, 6.45) is 3.15. The van der Waals surface area contributed by atoms with Crippen molar-refractivity contribution in [2.75, 3.05) is 11.5 Å². The van der Waals surface area contributed by atoms with E-state index in [1.807, 2.05) is 11.4 Å². The highest BCUT2D eigenvalue weighted by molar-refractivity contribution is 9.10. The molecule has 1 atom stereocenters. The fourth-order valence-electron chi connectivity index (χ4n) is 1.29. The summed E-state index contributed by atoms with van der Waals surface area (Å²) in [5.74, 6) is 0.780. The number of carbonyl (C=O) groups excluding carboxylic acids is 1. The van der Waals surface area contributed by atoms with Gasteiger partial charge in [0.1, 0.15) is 0 Å². The molecule has 90 valence electrons. The van der Waals surface area contributed by atoms with E-state index in [1.54, 1.807) is 0 Å². The molecule has 0 aliphatic carbocycles. The zero-order valence-corrected chi connectivity index (χ0v) is 12.4. The molecule has 0 radical (unpaired) electrons. The highest BCUT2D eigenvalue weighted by Crippen LogP contribution is 2.23. The van der Waals surface area contributed by atoms with Gasteiger partial charge < -0.3 is 0 Å². The summed E-state index contributed by atoms with van der Waals surface area (Å²) >= 11 is 4.71. The number of halogens is 1. The van der Waals surface area contributed by atoms with Crippen LogP contribution in [0.2, 0.25) is 0 Å². The van der Waals surface area contributed by atoms with Crippen molar-refractivity contribution in [1.29, 1.82) is 0 Å². The van der Waals surface area contributed by atoms with Gasteiger partial charge >= 0.3 is 0 Å². The van der Waals surface area contributed by atoms with Crippen molar-refractivity contribution in [3.05, 3.63) is 20.8 Å². The zero-order chi connectivity index (χ0) is 12.0. The molecule has 0 spiro atoms. The van der Waals surface area contributed by atoms with Crippen molar-refractivity contribution in [3.63, 3.8) is 0 Å². The third kappa shape index (κ3) is 4.47. The van der Waals surface area contributed by atoms with E-state index in [0.717, 1.165) is 23.7 Å². The molecule has 0 fully saturated rings. The van der Waals surface area contributed by atoms with Crippen molar-refractivity contribution < 1.29 is 9.00 Å². The number of rotatable bonds is 7. The smallest absolute Gasteiger partial charge is 0.186 e. The van der Waals surface area contributed by atoms with Crippen LogP contribution in [0.5, 0.6) is 0 Å². The molecule has 2 nitrogen and oxygen atoms in total. The number of hydrogen-bond donors (Lipinski definition) is 0. The molecule has 1 aromatic rings. The van der Waals surface area contributed by atoms with Crippen LogP contribution in [0.15, 0.2) is 15.9 Å². The minimum absolute atomic E-state index is 0.0169. The molecule has 0 N–H and O–H groups in total. The molecule has 0 aromatic carbocycles. The second-order valence-corrected chi connectivity index (χ2v) is 6.86. The molecule has 0 aliphatic rings. The van der Waals surface area contributed by atoms with Gasteiger partial charge in [0, 0.05) is 21.0 Å². The van der Waals surface area contributed by atoms with Crippen LogP contribution in [-0.2, 0) is 10.8 Å². The Hall–Kier alpha value is -0.000000000000000111. The average molecular weight is 323 g/mol. The number of unbranched alkanes of at least 4 members (excludes halogenated alkanes) is 2. The summed E-state index contributed by atoms with van der Waals surface area (Å²) in [6, 6.07) is 1.85. The lowest BCUT2D eigenvalue weighted by Crippen LogP contribution is -2.12. The Kier molecular flexibility index (Phi) is 6.46. The Morgan fingerprint density at radius 2 is 2.25 bits per heavy atom. The van der Waals surface area contributed by atoms with Gasteiger partial charge in [-0.3, -0.25) is 9.00 Å². The second kappa shape index (κ2) is 7.35. The summed E-state index contributed by atoms with van der Waals surface area (Å²) in [6.45, 7) is 2.11. The van der Waals surface area contributed by atoms with Gasteiger partial charge in [0.15, 0.2) is 5.78 Å². The molecule has 0 bridgehead atoms. The number of hydrogen-bond acceptors (Lipinski definition) is 3. The first-order valence-corrected chi connectivity index (χ1v) is 8.42. The van der Waals surface area contributed by atoms with Crippen LogP contribution >= 0.6 is 27.3 Å². The Labute approximate surface area is 111 Å². The monoisotopic (exact) mass is 322 g/mol. The lowest BCUT2D eigenvalue weighted by molar-refractivity contribution is 0.102. The van der Waals surface area contributed by atoms with Crippen molar-refractivity contribution in [2.24, 2.45) is 0 Å². The first-order chi connectivity index (χ1) is 7.65. The van der Waals surface area contributed by atoms with Gasteiger partial charge in [-0.15, -0.1) is 11.3 Å². The number of carbonyl (C=O) groups is 1. The minimum Gasteiger partial charge on any atom is -0.292 e. The maximum atomic E-state index is 11.8. The molecule has 1 aromatic heterocycles. The van der Waals surface area contributed by atoms with Crippen molar-refractivity contribution in [1.82, 2.24) is 0 Å². The Morgan fingerprint density at radius 3 is 2.81 bits per heavy atom. The number of Topliss-reactive ketones (excluding diaryl/α,β-unsaturated/α-hetero) is 1. The van der Waals surface area contributed by atoms with Gasteiger partial charge in [0.05, 0.1) is 10.6 Å². The fourth-order valence-corrected chi connectivity index (χ4v) is 4.02. The van der Waals surface area contributed by atoms with E-state index in [4.69, 9.17) is 0 Å². The third-order valence-electron chi connectivity index (χ3n) is 2.14. The van der Waals surface area contributed by atoms with Crippen LogP contribution in [0, 0.1) is 0 Å². The SMILES string of the molecule is CCCCCS(=O)CC(=O)c1sccc1Br. The summed E-state index contributed by atoms with van der Waals surface area (Å²) in [5.41, 5.74) is 0. The average Bonchev–Trinajstić information content (AvgIpc) is 2.65. The number of thiophene rings is 1. The van der Waals surface area contributed by atoms with Crippen LogP contribution in [0.4, 0.5) is 0 Å². The highest BCUT2D eigenvalue weighted by atomic mass is 79.9. The third-order valence-corrected chi connectivity index (χ3v) is 5.34. The molecule has 5 heteroatoms. The second-order valence-electron chi connectivity index (χ2n) is 3.52. The van der Waals surface area contributed by atoms with E-state index in [1.165, 1.54) is 11.3 Å². The quantitative estimate of drug-likeness (QED) is 0.567. The van der Waals surface area contributed by atoms with E-state index >= 15 is 0 Å². The molecular formula is C11H15BrO2S2. The van der Waals surface area contributed by atoms with Gasteiger partial charge in [0.2, 0.25) is 0 Å². The maximum absolute atomic E-state index is 11.8. The topological polar surface area (TPSA) is 34.1 Å². The van der Waals surface area contributed by atoms with E-state index in [2.05, 4.69) is 22.9 Å². The summed E-state index contributed by atoms with van der Waals surface area (Å²) in [4.78, 5) is 12.4. The normalized spacial score (nSPS) is 12.6. The van der Waals surface area contributed by atoms with E-state index < -0.39 is 10.8 Å². The highest BCUT2D eigenvalue weighted by Gasteiger charge is 2.14. The van der Waals surface area contributed by atoms with E-state index in [0.29, 0.717) is 10.6 Å². The lowest BCUT2D eigenvalue weighted by atomic mass is 10.3. The molecule has 0 saturated heterocycles. The molecule has 1 rings (SSSR count). The summed E-state index contributed by atoms with van der Waals surface area (Å²) in [7, 11) is -1.01. The van der Waals surface area contributed by atoms with Gasteiger partial charge in [-0.2, -0.15) is 0 Å². The predicted octanol–water partition coefficient (Wildman–Crippen LogP) is 3.63. The molecule has 0 aliphatic heterocycles.